The van der Waals surface area contributed by atoms with Crippen molar-refractivity contribution in [3.8, 4) is 0 Å². The molecule has 2 aliphatic heterocycles. The van der Waals surface area contributed by atoms with Crippen LogP contribution in [0.3, 0.4) is 0 Å². The molecule has 30 heavy (non-hydrogen) atoms. The maximum Gasteiger partial charge on any atom is 0.230 e. The van der Waals surface area contributed by atoms with Gasteiger partial charge in [0.25, 0.3) is 0 Å². The zero-order valence-electron chi connectivity index (χ0n) is 18.8. The fourth-order valence-corrected chi connectivity index (χ4v) is 5.41. The van der Waals surface area contributed by atoms with Crippen LogP contribution in [0.2, 0.25) is 0 Å². The van der Waals surface area contributed by atoms with Gasteiger partial charge >= 0.3 is 0 Å². The molecule has 0 aromatic heterocycles. The summed E-state index contributed by atoms with van der Waals surface area (Å²) in [6, 6.07) is 12.2. The summed E-state index contributed by atoms with van der Waals surface area (Å²) < 4.78 is 5.63. The van der Waals surface area contributed by atoms with E-state index < -0.39 is 0 Å². The molecular weight excluding hydrogens is 374 g/mol. The van der Waals surface area contributed by atoms with E-state index in [1.807, 2.05) is 18.2 Å². The van der Waals surface area contributed by atoms with Gasteiger partial charge in [-0.2, -0.15) is 0 Å². The Hall–Kier alpha value is -1.43. The predicted octanol–water partition coefficient (Wildman–Crippen LogP) is 3.19. The van der Waals surface area contributed by atoms with Crippen molar-refractivity contribution in [1.29, 1.82) is 0 Å². The van der Waals surface area contributed by atoms with Gasteiger partial charge in [-0.05, 0) is 71.0 Å². The standard InChI is InChI=1S/C25H39N3O2/c1-20(2)27-15-8-22(9-16-27)28(23-10-18-30-19-11-23)17-14-26-24(29)25(12-13-25)21-6-4-3-5-7-21/h3-7,20,22-23H,8-19H2,1-2H3,(H,26,29). The van der Waals surface area contributed by atoms with Gasteiger partial charge in [-0.3, -0.25) is 9.69 Å². The monoisotopic (exact) mass is 413 g/mol. The number of nitrogens with one attached hydrogen (secondary N) is 1. The summed E-state index contributed by atoms with van der Waals surface area (Å²) >= 11 is 0. The Kier molecular flexibility index (Phi) is 7.12. The first-order valence-electron chi connectivity index (χ1n) is 12.0. The van der Waals surface area contributed by atoms with Crippen LogP contribution in [0.4, 0.5) is 0 Å². The lowest BCUT2D eigenvalue weighted by atomic mass is 9.95. The van der Waals surface area contributed by atoms with Crippen LogP contribution in [0, 0.1) is 0 Å². The normalized spacial score (nSPS) is 23.1. The summed E-state index contributed by atoms with van der Waals surface area (Å²) in [5, 5.41) is 3.30. The predicted molar refractivity (Wildman–Crippen MR) is 121 cm³/mol. The summed E-state index contributed by atoms with van der Waals surface area (Å²) in [5.74, 6) is 0.218. The van der Waals surface area contributed by atoms with Crippen LogP contribution >= 0.6 is 0 Å². The van der Waals surface area contributed by atoms with Gasteiger partial charge in [0.2, 0.25) is 5.91 Å². The van der Waals surface area contributed by atoms with Gasteiger partial charge in [0.05, 0.1) is 5.41 Å². The van der Waals surface area contributed by atoms with Crippen LogP contribution in [0.1, 0.15) is 57.9 Å². The van der Waals surface area contributed by atoms with Crippen molar-refractivity contribution < 1.29 is 9.53 Å². The molecule has 0 radical (unpaired) electrons. The number of hydrogen-bond acceptors (Lipinski definition) is 4. The van der Waals surface area contributed by atoms with Crippen molar-refractivity contribution in [1.82, 2.24) is 15.1 Å². The van der Waals surface area contributed by atoms with Gasteiger partial charge in [0.1, 0.15) is 0 Å². The smallest absolute Gasteiger partial charge is 0.230 e. The molecule has 3 aliphatic rings. The minimum Gasteiger partial charge on any atom is -0.381 e. The average Bonchev–Trinajstić information content (AvgIpc) is 3.60. The molecule has 3 fully saturated rings. The fraction of sp³-hybridized carbons (Fsp3) is 0.720. The highest BCUT2D eigenvalue weighted by atomic mass is 16.5. The summed E-state index contributed by atoms with van der Waals surface area (Å²) in [6.45, 7) is 10.4. The summed E-state index contributed by atoms with van der Waals surface area (Å²) in [7, 11) is 0. The molecule has 5 heteroatoms. The van der Waals surface area contributed by atoms with Gasteiger partial charge in [0, 0.05) is 44.4 Å². The number of benzene rings is 1. The third kappa shape index (κ3) is 4.90. The van der Waals surface area contributed by atoms with Crippen LogP contribution in [-0.4, -0.2) is 73.2 Å². The van der Waals surface area contributed by atoms with Crippen LogP contribution < -0.4 is 5.32 Å². The van der Waals surface area contributed by atoms with Crippen molar-refractivity contribution >= 4 is 5.91 Å². The minimum atomic E-state index is -0.270. The van der Waals surface area contributed by atoms with Crippen molar-refractivity contribution in [2.75, 3.05) is 39.4 Å². The molecule has 2 heterocycles. The van der Waals surface area contributed by atoms with Crippen LogP contribution in [0.5, 0.6) is 0 Å². The number of rotatable bonds is 8. The van der Waals surface area contributed by atoms with Gasteiger partial charge in [-0.25, -0.2) is 0 Å². The number of piperidine rings is 1. The molecular formula is C25H39N3O2. The highest BCUT2D eigenvalue weighted by Gasteiger charge is 2.51. The maximum absolute atomic E-state index is 13.0. The van der Waals surface area contributed by atoms with Crippen LogP contribution in [0.15, 0.2) is 30.3 Å². The van der Waals surface area contributed by atoms with E-state index in [1.54, 1.807) is 0 Å². The largest absolute Gasteiger partial charge is 0.381 e. The summed E-state index contributed by atoms with van der Waals surface area (Å²) in [4.78, 5) is 18.3. The van der Waals surface area contributed by atoms with Crippen LogP contribution in [0.25, 0.3) is 0 Å². The number of amides is 1. The van der Waals surface area contributed by atoms with E-state index in [1.165, 1.54) is 31.5 Å². The number of carbonyl (C=O) groups is 1. The fourth-order valence-electron chi connectivity index (χ4n) is 5.41. The molecule has 166 valence electrons. The van der Waals surface area contributed by atoms with Crippen LogP contribution in [-0.2, 0) is 14.9 Å². The minimum absolute atomic E-state index is 0.218. The quantitative estimate of drug-likeness (QED) is 0.711. The summed E-state index contributed by atoms with van der Waals surface area (Å²) in [6.07, 6.45) is 6.65. The van der Waals surface area contributed by atoms with Crippen molar-refractivity contribution in [3.63, 3.8) is 0 Å². The lowest BCUT2D eigenvalue weighted by Gasteiger charge is -2.44. The Bertz CT molecular complexity index is 675. The molecule has 0 unspecified atom stereocenters. The lowest BCUT2D eigenvalue weighted by molar-refractivity contribution is -0.123. The topological polar surface area (TPSA) is 44.8 Å². The van der Waals surface area contributed by atoms with E-state index >= 15 is 0 Å². The zero-order valence-corrected chi connectivity index (χ0v) is 18.8. The molecule has 1 aliphatic carbocycles. The zero-order chi connectivity index (χ0) is 21.0. The van der Waals surface area contributed by atoms with Crippen molar-refractivity contribution in [2.24, 2.45) is 0 Å². The molecule has 4 rings (SSSR count). The second-order valence-corrected chi connectivity index (χ2v) is 9.65. The first-order chi connectivity index (χ1) is 14.6. The first-order valence-corrected chi connectivity index (χ1v) is 12.0. The molecule has 1 saturated carbocycles. The Morgan fingerprint density at radius 2 is 1.73 bits per heavy atom. The highest BCUT2D eigenvalue weighted by Crippen LogP contribution is 2.48. The van der Waals surface area contributed by atoms with Crippen molar-refractivity contribution in [2.45, 2.75) is 75.9 Å². The molecule has 0 spiro atoms. The number of hydrogen-bond donors (Lipinski definition) is 1. The second kappa shape index (κ2) is 9.80. The third-order valence-electron chi connectivity index (χ3n) is 7.52. The lowest BCUT2D eigenvalue weighted by Crippen LogP contribution is -2.53. The molecule has 0 atom stereocenters. The number of likely N-dealkylation sites (tertiary alicyclic amines) is 1. The van der Waals surface area contributed by atoms with E-state index in [-0.39, 0.29) is 11.3 Å². The van der Waals surface area contributed by atoms with E-state index in [0.29, 0.717) is 18.1 Å². The Labute approximate surface area is 182 Å². The van der Waals surface area contributed by atoms with E-state index in [9.17, 15) is 4.79 Å². The molecule has 5 nitrogen and oxygen atoms in total. The molecule has 1 aromatic carbocycles. The second-order valence-electron chi connectivity index (χ2n) is 9.65. The first kappa shape index (κ1) is 21.8. The molecule has 1 N–H and O–H groups in total. The van der Waals surface area contributed by atoms with Gasteiger partial charge in [-0.1, -0.05) is 30.3 Å². The van der Waals surface area contributed by atoms with Gasteiger partial charge < -0.3 is 15.0 Å². The van der Waals surface area contributed by atoms with Gasteiger partial charge in [-0.15, -0.1) is 0 Å². The Morgan fingerprint density at radius 1 is 1.10 bits per heavy atom. The molecule has 1 amide bonds. The average molecular weight is 414 g/mol. The van der Waals surface area contributed by atoms with Gasteiger partial charge in [0.15, 0.2) is 0 Å². The molecule has 0 bridgehead atoms. The highest BCUT2D eigenvalue weighted by molar-refractivity contribution is 5.91. The molecule has 1 aromatic rings. The third-order valence-corrected chi connectivity index (χ3v) is 7.52. The number of nitrogens with zero attached hydrogens (tertiary/aromatic N) is 2. The SMILES string of the molecule is CC(C)N1CCC(N(CCNC(=O)C2(c3ccccc3)CC2)C2CCOCC2)CC1. The van der Waals surface area contributed by atoms with E-state index in [0.717, 1.165) is 52.0 Å². The number of ether oxygens (including phenoxy) is 1. The Balaban J connectivity index is 1.34. The number of carbonyl (C=O) groups excluding carboxylic acids is 1. The molecule has 2 saturated heterocycles. The maximum atomic E-state index is 13.0. The Morgan fingerprint density at radius 3 is 2.33 bits per heavy atom. The van der Waals surface area contributed by atoms with E-state index in [2.05, 4.69) is 41.1 Å². The van der Waals surface area contributed by atoms with E-state index in [4.69, 9.17) is 4.74 Å². The summed E-state index contributed by atoms with van der Waals surface area (Å²) in [5.41, 5.74) is 0.901. The van der Waals surface area contributed by atoms with Crippen molar-refractivity contribution in [3.05, 3.63) is 35.9 Å².